The third kappa shape index (κ3) is 7.04. The smallest absolute Gasteiger partial charge is 0.379 e. The van der Waals surface area contributed by atoms with Crippen LogP contribution in [0.2, 0.25) is 0 Å². The second-order valence-corrected chi connectivity index (χ2v) is 4.60. The van der Waals surface area contributed by atoms with Crippen LogP contribution in [0.1, 0.15) is 5.56 Å². The second kappa shape index (κ2) is 9.61. The van der Waals surface area contributed by atoms with Crippen molar-refractivity contribution in [2.75, 3.05) is 21.3 Å². The summed E-state index contributed by atoms with van der Waals surface area (Å²) in [4.78, 5) is 0. The Morgan fingerprint density at radius 3 is 1.67 bits per heavy atom. The first kappa shape index (κ1) is 14.1. The average molecular weight is 226 g/mol. The summed E-state index contributed by atoms with van der Waals surface area (Å²) in [5, 5.41) is 0. The highest BCUT2D eigenvalue weighted by atomic mass is 28.3. The Kier molecular flexibility index (Phi) is 9.00. The average Bonchev–Trinajstić information content (AvgIpc) is 2.33. The Bertz CT molecular complexity index is 242. The molecule has 84 valence electrons. The molecule has 3 nitrogen and oxygen atoms in total. The molecular formula is C11H18O3Si. The molecule has 0 spiro atoms. The van der Waals surface area contributed by atoms with E-state index in [0.717, 1.165) is 0 Å². The molecule has 0 aliphatic heterocycles. The standard InChI is InChI=1S/C8H8.C3H10O3Si/c1-2-8-6-4-3-5-7-8;1-4-7(5-2)6-3/h2-7H,1H2;7H,1-3H3. The molecule has 15 heavy (non-hydrogen) atoms. The molecule has 0 fully saturated rings. The van der Waals surface area contributed by atoms with Crippen LogP contribution in [0.4, 0.5) is 0 Å². The predicted octanol–water partition coefficient (Wildman–Crippen LogP) is 1.97. The first-order valence-electron chi connectivity index (χ1n) is 4.54. The van der Waals surface area contributed by atoms with Crippen LogP contribution in [0.5, 0.6) is 0 Å². The molecule has 4 heteroatoms. The summed E-state index contributed by atoms with van der Waals surface area (Å²) in [5.74, 6) is 0. The first-order valence-corrected chi connectivity index (χ1v) is 5.95. The zero-order chi connectivity index (χ0) is 11.5. The zero-order valence-electron chi connectivity index (χ0n) is 9.47. The Morgan fingerprint density at radius 2 is 1.47 bits per heavy atom. The van der Waals surface area contributed by atoms with Crippen molar-refractivity contribution in [3.05, 3.63) is 42.5 Å². The monoisotopic (exact) mass is 226 g/mol. The number of benzene rings is 1. The molecule has 0 radical (unpaired) electrons. The lowest BCUT2D eigenvalue weighted by atomic mass is 10.2. The SMILES string of the molecule is C=Cc1ccccc1.CO[SiH](OC)OC. The highest BCUT2D eigenvalue weighted by molar-refractivity contribution is 6.36. The molecular weight excluding hydrogens is 208 g/mol. The van der Waals surface area contributed by atoms with Gasteiger partial charge in [0.05, 0.1) is 0 Å². The van der Waals surface area contributed by atoms with Gasteiger partial charge in [-0.15, -0.1) is 0 Å². The fourth-order valence-corrected chi connectivity index (χ4v) is 1.46. The van der Waals surface area contributed by atoms with Gasteiger partial charge in [0.2, 0.25) is 0 Å². The summed E-state index contributed by atoms with van der Waals surface area (Å²) in [6, 6.07) is 10.0. The van der Waals surface area contributed by atoms with E-state index in [0.29, 0.717) is 0 Å². The van der Waals surface area contributed by atoms with Crippen LogP contribution in [0.3, 0.4) is 0 Å². The van der Waals surface area contributed by atoms with Crippen molar-refractivity contribution in [1.82, 2.24) is 0 Å². The summed E-state index contributed by atoms with van der Waals surface area (Å²) in [6.07, 6.45) is 1.83. The van der Waals surface area contributed by atoms with Crippen LogP contribution in [-0.2, 0) is 13.3 Å². The third-order valence-electron chi connectivity index (χ3n) is 1.61. The highest BCUT2D eigenvalue weighted by Crippen LogP contribution is 1.97. The molecule has 0 unspecified atom stereocenters. The van der Waals surface area contributed by atoms with Gasteiger partial charge in [-0.3, -0.25) is 0 Å². The van der Waals surface area contributed by atoms with E-state index in [1.54, 1.807) is 21.3 Å². The maximum Gasteiger partial charge on any atom is 0.483 e. The molecule has 1 rings (SSSR count). The van der Waals surface area contributed by atoms with Gasteiger partial charge < -0.3 is 13.3 Å². The highest BCUT2D eigenvalue weighted by Gasteiger charge is 2.04. The van der Waals surface area contributed by atoms with Crippen molar-refractivity contribution in [3.8, 4) is 0 Å². The van der Waals surface area contributed by atoms with Gasteiger partial charge in [-0.1, -0.05) is 43.0 Å². The van der Waals surface area contributed by atoms with Gasteiger partial charge in [0.1, 0.15) is 0 Å². The molecule has 0 saturated heterocycles. The fraction of sp³-hybridized carbons (Fsp3) is 0.273. The zero-order valence-corrected chi connectivity index (χ0v) is 10.6. The minimum Gasteiger partial charge on any atom is -0.379 e. The minimum absolute atomic E-state index is 1.17. The molecule has 0 heterocycles. The normalized spacial score (nSPS) is 9.33. The molecule has 0 N–H and O–H groups in total. The van der Waals surface area contributed by atoms with E-state index in [2.05, 4.69) is 6.58 Å². The van der Waals surface area contributed by atoms with E-state index in [-0.39, 0.29) is 0 Å². The van der Waals surface area contributed by atoms with Gasteiger partial charge in [0, 0.05) is 21.3 Å². The lowest BCUT2D eigenvalue weighted by Gasteiger charge is -2.05. The molecule has 0 aliphatic rings. The summed E-state index contributed by atoms with van der Waals surface area (Å²) < 4.78 is 14.2. The van der Waals surface area contributed by atoms with Gasteiger partial charge in [-0.05, 0) is 5.56 Å². The van der Waals surface area contributed by atoms with Crippen molar-refractivity contribution in [2.24, 2.45) is 0 Å². The van der Waals surface area contributed by atoms with Gasteiger partial charge in [-0.2, -0.15) is 0 Å². The Morgan fingerprint density at radius 1 is 1.00 bits per heavy atom. The van der Waals surface area contributed by atoms with E-state index in [4.69, 9.17) is 13.3 Å². The summed E-state index contributed by atoms with van der Waals surface area (Å²) in [6.45, 7) is 3.63. The third-order valence-corrected chi connectivity index (χ3v) is 2.77. The second-order valence-electron chi connectivity index (χ2n) is 2.61. The van der Waals surface area contributed by atoms with Gasteiger partial charge in [0.25, 0.3) is 0 Å². The maximum atomic E-state index is 4.74. The Labute approximate surface area is 93.3 Å². The van der Waals surface area contributed by atoms with Gasteiger partial charge >= 0.3 is 9.53 Å². The molecule has 0 atom stereocenters. The van der Waals surface area contributed by atoms with Gasteiger partial charge in [-0.25, -0.2) is 0 Å². The Hall–Kier alpha value is -0.943. The van der Waals surface area contributed by atoms with Crippen LogP contribution in [0.15, 0.2) is 36.9 Å². The minimum atomic E-state index is -1.67. The first-order chi connectivity index (χ1) is 7.28. The quantitative estimate of drug-likeness (QED) is 0.735. The maximum absolute atomic E-state index is 4.74. The number of hydrogen-bond donors (Lipinski definition) is 0. The number of hydrogen-bond acceptors (Lipinski definition) is 3. The van der Waals surface area contributed by atoms with E-state index < -0.39 is 9.53 Å². The van der Waals surface area contributed by atoms with Crippen molar-refractivity contribution in [1.29, 1.82) is 0 Å². The lowest BCUT2D eigenvalue weighted by molar-refractivity contribution is 0.163. The van der Waals surface area contributed by atoms with Crippen molar-refractivity contribution in [3.63, 3.8) is 0 Å². The summed E-state index contributed by atoms with van der Waals surface area (Å²) >= 11 is 0. The van der Waals surface area contributed by atoms with E-state index in [1.165, 1.54) is 5.56 Å². The summed E-state index contributed by atoms with van der Waals surface area (Å²) in [7, 11) is 3.05. The van der Waals surface area contributed by atoms with Crippen molar-refractivity contribution >= 4 is 15.6 Å². The molecule has 1 aromatic carbocycles. The molecule has 1 aromatic rings. The Balaban J connectivity index is 0.000000265. The van der Waals surface area contributed by atoms with Crippen LogP contribution in [0.25, 0.3) is 6.08 Å². The van der Waals surface area contributed by atoms with E-state index in [9.17, 15) is 0 Å². The van der Waals surface area contributed by atoms with Crippen LogP contribution in [0, 0.1) is 0 Å². The fourth-order valence-electron chi connectivity index (χ4n) is 0.878. The van der Waals surface area contributed by atoms with Crippen LogP contribution in [-0.4, -0.2) is 30.9 Å². The lowest BCUT2D eigenvalue weighted by Crippen LogP contribution is -2.21. The van der Waals surface area contributed by atoms with E-state index >= 15 is 0 Å². The van der Waals surface area contributed by atoms with Crippen LogP contribution < -0.4 is 0 Å². The largest absolute Gasteiger partial charge is 0.483 e. The molecule has 0 aromatic heterocycles. The number of rotatable bonds is 4. The van der Waals surface area contributed by atoms with Crippen molar-refractivity contribution in [2.45, 2.75) is 0 Å². The van der Waals surface area contributed by atoms with E-state index in [1.807, 2.05) is 36.4 Å². The van der Waals surface area contributed by atoms with Gasteiger partial charge in [0.15, 0.2) is 0 Å². The van der Waals surface area contributed by atoms with Crippen LogP contribution >= 0.6 is 0 Å². The predicted molar refractivity (Wildman–Crippen MR) is 64.7 cm³/mol. The van der Waals surface area contributed by atoms with Crippen molar-refractivity contribution < 1.29 is 13.3 Å². The molecule has 0 bridgehead atoms. The summed E-state index contributed by atoms with van der Waals surface area (Å²) in [5.41, 5.74) is 1.17. The topological polar surface area (TPSA) is 27.7 Å². The molecule has 0 aliphatic carbocycles. The molecule has 0 saturated carbocycles. The molecule has 0 amide bonds.